The Morgan fingerprint density at radius 2 is 1.46 bits per heavy atom. The van der Waals surface area contributed by atoms with Gasteiger partial charge in [-0.05, 0) is 100 Å². The van der Waals surface area contributed by atoms with Crippen molar-refractivity contribution >= 4 is 11.4 Å². The molecule has 0 saturated carbocycles. The molecule has 2 aromatic rings. The molecule has 2 aromatic carbocycles. The van der Waals surface area contributed by atoms with Crippen molar-refractivity contribution in [1.82, 2.24) is 9.80 Å². The summed E-state index contributed by atoms with van der Waals surface area (Å²) in [5, 5.41) is 9.32. The summed E-state index contributed by atoms with van der Waals surface area (Å²) in [7, 11) is 6.39. The Morgan fingerprint density at radius 1 is 0.805 bits per heavy atom. The summed E-state index contributed by atoms with van der Waals surface area (Å²) in [6.07, 6.45) is 14.4. The van der Waals surface area contributed by atoms with E-state index in [4.69, 9.17) is 5.11 Å². The number of hydrogen-bond donors (Lipinski definition) is 0. The summed E-state index contributed by atoms with van der Waals surface area (Å²) < 4.78 is 0. The average molecular weight is 557 g/mol. The zero-order valence-corrected chi connectivity index (χ0v) is 27.0. The van der Waals surface area contributed by atoms with Gasteiger partial charge in [-0.25, -0.2) is 0 Å². The second-order valence-electron chi connectivity index (χ2n) is 12.0. The molecule has 0 aliphatic rings. The predicted molar refractivity (Wildman–Crippen MR) is 178 cm³/mol. The molecule has 0 fully saturated rings. The van der Waals surface area contributed by atoms with Gasteiger partial charge >= 0.3 is 0 Å². The standard InChI is InChI=1S/C37H56N4/c1-8-33-22-25-35(21-14-12-10-9-11-13-15-28-40(5)6)37(30-33)39-38-36-26-23-34(24-27-36)20-16-19-32(4)41(7)29-17-18-31(2)3/h22-27,30-31H,4,8-16,19-21,28-29H2,1-3,5-7H3. The van der Waals surface area contributed by atoms with Crippen molar-refractivity contribution in [1.29, 1.82) is 0 Å². The molecule has 4 nitrogen and oxygen atoms in total. The predicted octanol–water partition coefficient (Wildman–Crippen LogP) is 9.93. The summed E-state index contributed by atoms with van der Waals surface area (Å²) in [5.74, 6) is 6.87. The SMILES string of the molecule is C=C(CCCc1ccc(N=Nc2cc(CC)ccc2CCCCCCCCCN(C)C)cc1)N(C)CC#CC(C)C. The van der Waals surface area contributed by atoms with E-state index in [9.17, 15) is 0 Å². The van der Waals surface area contributed by atoms with Gasteiger partial charge in [-0.15, -0.1) is 0 Å². The molecule has 0 unspecified atom stereocenters. The molecule has 0 radical (unpaired) electrons. The first kappa shape index (κ1) is 34.3. The molecule has 0 aliphatic carbocycles. The number of benzene rings is 2. The minimum Gasteiger partial charge on any atom is -0.367 e. The van der Waals surface area contributed by atoms with Crippen molar-refractivity contribution in [2.75, 3.05) is 34.2 Å². The van der Waals surface area contributed by atoms with E-state index in [2.05, 4.69) is 118 Å². The highest BCUT2D eigenvalue weighted by atomic mass is 15.1. The Hall–Kier alpha value is -2.90. The van der Waals surface area contributed by atoms with Gasteiger partial charge in [0.1, 0.15) is 0 Å². The van der Waals surface area contributed by atoms with Crippen LogP contribution in [0.5, 0.6) is 0 Å². The summed E-state index contributed by atoms with van der Waals surface area (Å²) >= 11 is 0. The maximum Gasteiger partial charge on any atom is 0.0891 e. The van der Waals surface area contributed by atoms with Crippen LogP contribution in [0, 0.1) is 17.8 Å². The molecule has 0 heterocycles. The number of rotatable bonds is 19. The van der Waals surface area contributed by atoms with Crippen LogP contribution in [0.25, 0.3) is 0 Å². The smallest absolute Gasteiger partial charge is 0.0891 e. The van der Waals surface area contributed by atoms with E-state index in [1.165, 1.54) is 68.2 Å². The van der Waals surface area contributed by atoms with E-state index in [-0.39, 0.29) is 0 Å². The molecule has 4 heteroatoms. The maximum absolute atomic E-state index is 4.71. The Labute approximate surface area is 252 Å². The first-order valence-corrected chi connectivity index (χ1v) is 15.9. The quantitative estimate of drug-likeness (QED) is 0.0979. The molecule has 2 rings (SSSR count). The number of unbranched alkanes of at least 4 members (excludes halogenated alkanes) is 6. The second-order valence-corrected chi connectivity index (χ2v) is 12.0. The lowest BCUT2D eigenvalue weighted by atomic mass is 10.0. The fraction of sp³-hybridized carbons (Fsp3) is 0.568. The van der Waals surface area contributed by atoms with Crippen LogP contribution in [-0.2, 0) is 19.3 Å². The molecular weight excluding hydrogens is 500 g/mol. The molecule has 0 aromatic heterocycles. The highest BCUT2D eigenvalue weighted by molar-refractivity contribution is 5.49. The van der Waals surface area contributed by atoms with Crippen LogP contribution >= 0.6 is 0 Å². The third-order valence-electron chi connectivity index (χ3n) is 7.50. The van der Waals surface area contributed by atoms with E-state index < -0.39 is 0 Å². The third kappa shape index (κ3) is 15.1. The first-order valence-electron chi connectivity index (χ1n) is 15.9. The minimum absolute atomic E-state index is 0.413. The molecule has 0 atom stereocenters. The number of hydrogen-bond acceptors (Lipinski definition) is 4. The van der Waals surface area contributed by atoms with Crippen molar-refractivity contribution in [3.05, 3.63) is 71.4 Å². The molecular formula is C37H56N4. The third-order valence-corrected chi connectivity index (χ3v) is 7.50. The second kappa shape index (κ2) is 20.1. The van der Waals surface area contributed by atoms with Crippen LogP contribution < -0.4 is 0 Å². The zero-order valence-electron chi connectivity index (χ0n) is 27.0. The molecule has 0 aliphatic heterocycles. The van der Waals surface area contributed by atoms with Gasteiger partial charge in [0.05, 0.1) is 17.9 Å². The Bertz CT molecular complexity index is 1100. The molecule has 224 valence electrons. The molecule has 0 amide bonds. The fourth-order valence-electron chi connectivity index (χ4n) is 4.77. The Balaban J connectivity index is 1.81. The van der Waals surface area contributed by atoms with E-state index >= 15 is 0 Å². The summed E-state index contributed by atoms with van der Waals surface area (Å²) in [6, 6.07) is 15.3. The Kier molecular flexibility index (Phi) is 16.8. The van der Waals surface area contributed by atoms with Crippen LogP contribution in [0.15, 0.2) is 65.0 Å². The van der Waals surface area contributed by atoms with Crippen molar-refractivity contribution in [2.45, 2.75) is 97.8 Å². The largest absolute Gasteiger partial charge is 0.367 e. The van der Waals surface area contributed by atoms with E-state index in [1.54, 1.807) is 0 Å². The van der Waals surface area contributed by atoms with Gasteiger partial charge in [0.15, 0.2) is 0 Å². The normalized spacial score (nSPS) is 11.3. The molecule has 0 saturated heterocycles. The lowest BCUT2D eigenvalue weighted by Crippen LogP contribution is -2.17. The van der Waals surface area contributed by atoms with E-state index in [0.29, 0.717) is 5.92 Å². The van der Waals surface area contributed by atoms with Gasteiger partial charge in [0, 0.05) is 18.7 Å². The lowest BCUT2D eigenvalue weighted by Gasteiger charge is -2.19. The van der Waals surface area contributed by atoms with Gasteiger partial charge in [-0.1, -0.05) is 95.6 Å². The van der Waals surface area contributed by atoms with Gasteiger partial charge < -0.3 is 9.80 Å². The average Bonchev–Trinajstić information content (AvgIpc) is 2.95. The van der Waals surface area contributed by atoms with Gasteiger partial charge in [-0.3, -0.25) is 0 Å². The summed E-state index contributed by atoms with van der Waals surface area (Å²) in [4.78, 5) is 4.44. The van der Waals surface area contributed by atoms with Crippen LogP contribution in [-0.4, -0.2) is 44.0 Å². The Morgan fingerprint density at radius 3 is 2.12 bits per heavy atom. The van der Waals surface area contributed by atoms with Crippen LogP contribution in [0.2, 0.25) is 0 Å². The monoisotopic (exact) mass is 556 g/mol. The van der Waals surface area contributed by atoms with Crippen LogP contribution in [0.4, 0.5) is 11.4 Å². The minimum atomic E-state index is 0.413. The highest BCUT2D eigenvalue weighted by Gasteiger charge is 2.05. The fourth-order valence-corrected chi connectivity index (χ4v) is 4.77. The number of azo groups is 1. The van der Waals surface area contributed by atoms with E-state index in [1.807, 2.05) is 0 Å². The number of nitrogens with zero attached hydrogens (tertiary/aromatic N) is 4. The van der Waals surface area contributed by atoms with Crippen LogP contribution in [0.1, 0.15) is 95.2 Å². The van der Waals surface area contributed by atoms with Gasteiger partial charge in [0.25, 0.3) is 0 Å². The number of allylic oxidation sites excluding steroid dienone is 1. The highest BCUT2D eigenvalue weighted by Crippen LogP contribution is 2.27. The molecule has 0 N–H and O–H groups in total. The van der Waals surface area contributed by atoms with E-state index in [0.717, 1.165) is 55.7 Å². The molecule has 0 spiro atoms. The lowest BCUT2D eigenvalue weighted by molar-refractivity contribution is 0.389. The topological polar surface area (TPSA) is 31.2 Å². The van der Waals surface area contributed by atoms with Crippen molar-refractivity contribution in [2.24, 2.45) is 16.1 Å². The van der Waals surface area contributed by atoms with Crippen molar-refractivity contribution in [3.63, 3.8) is 0 Å². The number of aryl methyl sites for hydroxylation is 3. The molecule has 0 bridgehead atoms. The van der Waals surface area contributed by atoms with Crippen molar-refractivity contribution < 1.29 is 0 Å². The van der Waals surface area contributed by atoms with Gasteiger partial charge in [0.2, 0.25) is 0 Å². The maximum atomic E-state index is 4.71. The van der Waals surface area contributed by atoms with Gasteiger partial charge in [-0.2, -0.15) is 10.2 Å². The molecule has 41 heavy (non-hydrogen) atoms. The van der Waals surface area contributed by atoms with Crippen LogP contribution in [0.3, 0.4) is 0 Å². The zero-order chi connectivity index (χ0) is 29.9. The summed E-state index contributed by atoms with van der Waals surface area (Å²) in [5.41, 5.74) is 7.03. The summed E-state index contributed by atoms with van der Waals surface area (Å²) in [6.45, 7) is 12.6. The van der Waals surface area contributed by atoms with Crippen molar-refractivity contribution in [3.8, 4) is 11.8 Å². The first-order chi connectivity index (χ1) is 19.8.